The molecule has 0 amide bonds. The highest BCUT2D eigenvalue weighted by molar-refractivity contribution is 5.81. The molecule has 0 aliphatic rings. The molecule has 0 aromatic heterocycles. The molecule has 0 saturated heterocycles. The van der Waals surface area contributed by atoms with Crippen LogP contribution in [0.1, 0.15) is 0 Å². The number of hydrogen-bond acceptors (Lipinski definition) is 3. The molecule has 0 aliphatic carbocycles. The maximum Gasteiger partial charge on any atom is 0.330 e. The van der Waals surface area contributed by atoms with E-state index in [1.807, 2.05) is 0 Å². The van der Waals surface area contributed by atoms with E-state index in [-0.39, 0.29) is 5.97 Å². The summed E-state index contributed by atoms with van der Waals surface area (Å²) in [5.41, 5.74) is 0. The molecule has 57 valence electrons. The Labute approximate surface area is 60.6 Å². The standard InChI is InChI=1S/C7H11O3/c1-3-4-7(8)10-6-5-9-2/h3-4H,1,5-6H2,2H3. The summed E-state index contributed by atoms with van der Waals surface area (Å²) in [4.78, 5) is 10.5. The van der Waals surface area contributed by atoms with E-state index >= 15 is 0 Å². The summed E-state index contributed by atoms with van der Waals surface area (Å²) >= 11 is 0. The average Bonchev–Trinajstić information content (AvgIpc) is 1.89. The summed E-state index contributed by atoms with van der Waals surface area (Å²) in [6, 6.07) is 0. The first-order valence-electron chi connectivity index (χ1n) is 2.92. The minimum absolute atomic E-state index is 0.291. The van der Waals surface area contributed by atoms with Crippen molar-refractivity contribution in [1.29, 1.82) is 0 Å². The number of ether oxygens (including phenoxy) is 2. The maximum atomic E-state index is 10.5. The predicted octanol–water partition coefficient (Wildman–Crippen LogP) is 0.566. The highest BCUT2D eigenvalue weighted by atomic mass is 16.6. The first kappa shape index (κ1) is 9.17. The monoisotopic (exact) mass is 143 g/mol. The van der Waals surface area contributed by atoms with E-state index in [0.717, 1.165) is 0 Å². The molecule has 0 atom stereocenters. The van der Waals surface area contributed by atoms with Gasteiger partial charge in [-0.05, 0) is 6.92 Å². The van der Waals surface area contributed by atoms with Crippen molar-refractivity contribution in [2.75, 3.05) is 20.3 Å². The van der Waals surface area contributed by atoms with Crippen molar-refractivity contribution in [2.24, 2.45) is 0 Å². The Morgan fingerprint density at radius 2 is 2.30 bits per heavy atom. The van der Waals surface area contributed by atoms with Crippen molar-refractivity contribution < 1.29 is 14.3 Å². The number of hydrogen-bond donors (Lipinski definition) is 0. The van der Waals surface area contributed by atoms with Gasteiger partial charge in [0, 0.05) is 13.2 Å². The van der Waals surface area contributed by atoms with E-state index in [4.69, 9.17) is 0 Å². The second-order valence-corrected chi connectivity index (χ2v) is 1.56. The predicted molar refractivity (Wildman–Crippen MR) is 37.3 cm³/mol. The number of carbonyl (C=O) groups is 1. The smallest absolute Gasteiger partial charge is 0.330 e. The molecule has 3 nitrogen and oxygen atoms in total. The van der Waals surface area contributed by atoms with Crippen LogP contribution in [0.15, 0.2) is 12.2 Å². The van der Waals surface area contributed by atoms with Crippen molar-refractivity contribution in [3.05, 3.63) is 19.1 Å². The molecule has 0 rings (SSSR count). The van der Waals surface area contributed by atoms with Crippen LogP contribution in [0.25, 0.3) is 0 Å². The fourth-order valence-corrected chi connectivity index (χ4v) is 0.370. The summed E-state index contributed by atoms with van der Waals surface area (Å²) in [5, 5.41) is 0. The number of esters is 1. The molecular weight excluding hydrogens is 132 g/mol. The highest BCUT2D eigenvalue weighted by Gasteiger charge is 1.92. The Kier molecular flexibility index (Phi) is 5.77. The number of allylic oxidation sites excluding steroid dienone is 1. The quantitative estimate of drug-likeness (QED) is 0.328. The third-order valence-corrected chi connectivity index (χ3v) is 0.786. The molecule has 0 fully saturated rings. The number of methoxy groups -OCH3 is 1. The van der Waals surface area contributed by atoms with Crippen LogP contribution < -0.4 is 0 Å². The Morgan fingerprint density at radius 1 is 1.60 bits per heavy atom. The van der Waals surface area contributed by atoms with Gasteiger partial charge < -0.3 is 9.47 Å². The molecular formula is C7H11O3. The first-order chi connectivity index (χ1) is 4.81. The molecule has 0 spiro atoms. The Morgan fingerprint density at radius 3 is 2.80 bits per heavy atom. The summed E-state index contributed by atoms with van der Waals surface area (Å²) in [6.07, 6.45) is 2.64. The molecule has 0 aromatic rings. The van der Waals surface area contributed by atoms with Gasteiger partial charge >= 0.3 is 5.97 Å². The maximum absolute atomic E-state index is 10.5. The van der Waals surface area contributed by atoms with Crippen molar-refractivity contribution in [1.82, 2.24) is 0 Å². The second kappa shape index (κ2) is 6.29. The molecule has 0 unspecified atom stereocenters. The first-order valence-corrected chi connectivity index (χ1v) is 2.92. The van der Waals surface area contributed by atoms with Crippen LogP contribution in [0.5, 0.6) is 0 Å². The lowest BCUT2D eigenvalue weighted by atomic mass is 10.5. The zero-order valence-corrected chi connectivity index (χ0v) is 6.00. The van der Waals surface area contributed by atoms with Gasteiger partial charge in [0.2, 0.25) is 0 Å². The van der Waals surface area contributed by atoms with Gasteiger partial charge in [-0.15, -0.1) is 0 Å². The molecule has 0 heterocycles. The van der Waals surface area contributed by atoms with Gasteiger partial charge in [-0.1, -0.05) is 6.08 Å². The van der Waals surface area contributed by atoms with Crippen LogP contribution in [0, 0.1) is 6.92 Å². The Hall–Kier alpha value is -0.830. The van der Waals surface area contributed by atoms with Crippen molar-refractivity contribution in [2.45, 2.75) is 0 Å². The SMILES string of the molecule is [CH2]C=CC(=O)OCCOC. The van der Waals surface area contributed by atoms with Gasteiger partial charge in [-0.25, -0.2) is 4.79 Å². The molecule has 1 radical (unpaired) electrons. The molecule has 10 heavy (non-hydrogen) atoms. The van der Waals surface area contributed by atoms with Gasteiger partial charge in [-0.2, -0.15) is 0 Å². The number of carbonyl (C=O) groups excluding carboxylic acids is 1. The van der Waals surface area contributed by atoms with Crippen LogP contribution >= 0.6 is 0 Å². The topological polar surface area (TPSA) is 35.5 Å². The van der Waals surface area contributed by atoms with E-state index in [9.17, 15) is 4.79 Å². The zero-order chi connectivity index (χ0) is 7.82. The van der Waals surface area contributed by atoms with Gasteiger partial charge in [0.1, 0.15) is 6.61 Å². The largest absolute Gasteiger partial charge is 0.460 e. The Balaban J connectivity index is 3.22. The molecule has 0 N–H and O–H groups in total. The van der Waals surface area contributed by atoms with Crippen LogP contribution in [0.3, 0.4) is 0 Å². The van der Waals surface area contributed by atoms with Gasteiger partial charge in [-0.3, -0.25) is 0 Å². The summed E-state index contributed by atoms with van der Waals surface area (Å²) < 4.78 is 9.29. The van der Waals surface area contributed by atoms with Crippen LogP contribution in [-0.4, -0.2) is 26.3 Å². The van der Waals surface area contributed by atoms with E-state index in [1.165, 1.54) is 12.2 Å². The molecule has 0 aliphatic heterocycles. The lowest BCUT2D eigenvalue weighted by Gasteiger charge is -1.98. The normalized spacial score (nSPS) is 10.2. The van der Waals surface area contributed by atoms with Crippen molar-refractivity contribution in [3.8, 4) is 0 Å². The fraction of sp³-hybridized carbons (Fsp3) is 0.429. The highest BCUT2D eigenvalue weighted by Crippen LogP contribution is 1.80. The van der Waals surface area contributed by atoms with Crippen LogP contribution in [0.2, 0.25) is 0 Å². The van der Waals surface area contributed by atoms with E-state index in [2.05, 4.69) is 16.4 Å². The molecule has 0 bridgehead atoms. The summed E-state index contributed by atoms with van der Waals surface area (Å²) in [6.45, 7) is 4.06. The zero-order valence-electron chi connectivity index (χ0n) is 6.00. The molecule has 0 saturated carbocycles. The van der Waals surface area contributed by atoms with E-state index in [1.54, 1.807) is 7.11 Å². The average molecular weight is 143 g/mol. The second-order valence-electron chi connectivity index (χ2n) is 1.56. The lowest BCUT2D eigenvalue weighted by Crippen LogP contribution is -2.06. The summed E-state index contributed by atoms with van der Waals surface area (Å²) in [7, 11) is 1.55. The number of rotatable bonds is 4. The van der Waals surface area contributed by atoms with E-state index in [0.29, 0.717) is 13.2 Å². The van der Waals surface area contributed by atoms with Crippen molar-refractivity contribution >= 4 is 5.97 Å². The minimum atomic E-state index is -0.382. The lowest BCUT2D eigenvalue weighted by molar-refractivity contribution is -0.138. The summed E-state index contributed by atoms with van der Waals surface area (Å²) in [5.74, 6) is -0.382. The molecule has 0 aromatic carbocycles. The van der Waals surface area contributed by atoms with E-state index < -0.39 is 0 Å². The van der Waals surface area contributed by atoms with Gasteiger partial charge in [0.05, 0.1) is 6.61 Å². The van der Waals surface area contributed by atoms with Crippen molar-refractivity contribution in [3.63, 3.8) is 0 Å². The van der Waals surface area contributed by atoms with Crippen LogP contribution in [0.4, 0.5) is 0 Å². The minimum Gasteiger partial charge on any atom is -0.460 e. The van der Waals surface area contributed by atoms with Gasteiger partial charge in [0.15, 0.2) is 0 Å². The third-order valence-electron chi connectivity index (χ3n) is 0.786. The van der Waals surface area contributed by atoms with Gasteiger partial charge in [0.25, 0.3) is 0 Å². The third kappa shape index (κ3) is 5.31. The fourth-order valence-electron chi connectivity index (χ4n) is 0.370. The molecule has 3 heteroatoms. The Bertz CT molecular complexity index is 118. The van der Waals surface area contributed by atoms with Crippen LogP contribution in [-0.2, 0) is 14.3 Å².